The summed E-state index contributed by atoms with van der Waals surface area (Å²) in [5.41, 5.74) is 5.46. The van der Waals surface area contributed by atoms with Crippen molar-refractivity contribution in [3.05, 3.63) is 0 Å². The van der Waals surface area contributed by atoms with E-state index < -0.39 is 8.24 Å². The van der Waals surface area contributed by atoms with Crippen LogP contribution in [0.25, 0.3) is 0 Å². The van der Waals surface area contributed by atoms with Crippen molar-refractivity contribution in [2.75, 3.05) is 13.1 Å². The SMILES string of the molecule is CC[Si](CC)(CC)NCCCN. The van der Waals surface area contributed by atoms with Crippen molar-refractivity contribution in [1.82, 2.24) is 4.98 Å². The second kappa shape index (κ2) is 6.63. The van der Waals surface area contributed by atoms with Crippen molar-refractivity contribution in [1.29, 1.82) is 0 Å². The lowest BCUT2D eigenvalue weighted by atomic mass is 10.4. The molecule has 74 valence electrons. The van der Waals surface area contributed by atoms with Crippen LogP contribution in [0.5, 0.6) is 0 Å². The van der Waals surface area contributed by atoms with E-state index in [1.54, 1.807) is 0 Å². The Kier molecular flexibility index (Phi) is 6.71. The molecular weight excluding hydrogens is 164 g/mol. The van der Waals surface area contributed by atoms with Gasteiger partial charge in [-0.1, -0.05) is 20.8 Å². The van der Waals surface area contributed by atoms with E-state index in [-0.39, 0.29) is 0 Å². The fraction of sp³-hybridized carbons (Fsp3) is 1.00. The van der Waals surface area contributed by atoms with Gasteiger partial charge in [0.25, 0.3) is 0 Å². The molecule has 12 heavy (non-hydrogen) atoms. The van der Waals surface area contributed by atoms with E-state index >= 15 is 0 Å². The average molecular weight is 188 g/mol. The number of rotatable bonds is 7. The number of hydrogen-bond donors (Lipinski definition) is 2. The second-order valence-electron chi connectivity index (χ2n) is 3.41. The molecule has 0 heterocycles. The lowest BCUT2D eigenvalue weighted by Gasteiger charge is -2.29. The van der Waals surface area contributed by atoms with Gasteiger partial charge in [0.05, 0.1) is 0 Å². The van der Waals surface area contributed by atoms with E-state index in [0.29, 0.717) is 0 Å². The first-order chi connectivity index (χ1) is 5.74. The Morgan fingerprint density at radius 1 is 1.08 bits per heavy atom. The standard InChI is InChI=1S/C9H24N2Si/c1-4-12(5-2,6-3)11-9-7-8-10/h11H,4-10H2,1-3H3. The van der Waals surface area contributed by atoms with Gasteiger partial charge in [0.1, 0.15) is 8.24 Å². The minimum Gasteiger partial charge on any atom is -0.337 e. The highest BCUT2D eigenvalue weighted by Crippen LogP contribution is 2.15. The molecule has 3 heteroatoms. The van der Waals surface area contributed by atoms with Crippen LogP contribution in [0.15, 0.2) is 0 Å². The summed E-state index contributed by atoms with van der Waals surface area (Å²) in [6, 6.07) is 4.06. The van der Waals surface area contributed by atoms with E-state index in [9.17, 15) is 0 Å². The summed E-state index contributed by atoms with van der Waals surface area (Å²) < 4.78 is 0. The third kappa shape index (κ3) is 3.69. The van der Waals surface area contributed by atoms with Crippen LogP contribution in [0.2, 0.25) is 18.1 Å². The van der Waals surface area contributed by atoms with Gasteiger partial charge in [-0.3, -0.25) is 0 Å². The van der Waals surface area contributed by atoms with Crippen LogP contribution in [0.3, 0.4) is 0 Å². The Morgan fingerprint density at radius 2 is 1.58 bits per heavy atom. The maximum Gasteiger partial charge on any atom is 0.124 e. The molecule has 0 fully saturated rings. The number of hydrogen-bond acceptors (Lipinski definition) is 2. The van der Waals surface area contributed by atoms with E-state index in [4.69, 9.17) is 5.73 Å². The molecule has 0 atom stereocenters. The van der Waals surface area contributed by atoms with Gasteiger partial charge < -0.3 is 10.7 Å². The Morgan fingerprint density at radius 3 is 1.92 bits per heavy atom. The van der Waals surface area contributed by atoms with Crippen LogP contribution in [0.4, 0.5) is 0 Å². The zero-order chi connectivity index (χ0) is 9.45. The summed E-state index contributed by atoms with van der Waals surface area (Å²) >= 11 is 0. The van der Waals surface area contributed by atoms with Crippen LogP contribution in [0, 0.1) is 0 Å². The lowest BCUT2D eigenvalue weighted by molar-refractivity contribution is 0.769. The summed E-state index contributed by atoms with van der Waals surface area (Å²) in [5, 5.41) is 0. The Balaban J connectivity index is 3.76. The lowest BCUT2D eigenvalue weighted by Crippen LogP contribution is -2.49. The zero-order valence-corrected chi connectivity index (χ0v) is 9.82. The second-order valence-corrected chi connectivity index (χ2v) is 8.45. The van der Waals surface area contributed by atoms with Crippen molar-refractivity contribution in [2.24, 2.45) is 5.73 Å². The fourth-order valence-electron chi connectivity index (χ4n) is 1.58. The van der Waals surface area contributed by atoms with Gasteiger partial charge in [-0.15, -0.1) is 0 Å². The van der Waals surface area contributed by atoms with Crippen molar-refractivity contribution < 1.29 is 0 Å². The van der Waals surface area contributed by atoms with Crippen LogP contribution < -0.4 is 10.7 Å². The third-order valence-corrected chi connectivity index (χ3v) is 7.97. The molecule has 0 unspecified atom stereocenters. The molecular formula is C9H24N2Si. The number of nitrogens with one attached hydrogen (secondary N) is 1. The van der Waals surface area contributed by atoms with Crippen molar-refractivity contribution >= 4 is 8.24 Å². The molecule has 0 amide bonds. The van der Waals surface area contributed by atoms with E-state index in [1.165, 1.54) is 18.1 Å². The molecule has 0 saturated heterocycles. The molecule has 0 aromatic carbocycles. The van der Waals surface area contributed by atoms with E-state index in [1.807, 2.05) is 0 Å². The molecule has 0 saturated carbocycles. The molecule has 0 bridgehead atoms. The maximum absolute atomic E-state index is 5.46. The van der Waals surface area contributed by atoms with Crippen LogP contribution in [-0.2, 0) is 0 Å². The predicted octanol–water partition coefficient (Wildman–Crippen LogP) is 1.93. The quantitative estimate of drug-likeness (QED) is 0.473. The first-order valence-electron chi connectivity index (χ1n) is 5.19. The predicted molar refractivity (Wildman–Crippen MR) is 58.9 cm³/mol. The van der Waals surface area contributed by atoms with Gasteiger partial charge in [0.2, 0.25) is 0 Å². The van der Waals surface area contributed by atoms with Crippen molar-refractivity contribution in [3.8, 4) is 0 Å². The largest absolute Gasteiger partial charge is 0.337 e. The summed E-state index contributed by atoms with van der Waals surface area (Å²) in [7, 11) is -1.06. The van der Waals surface area contributed by atoms with Crippen molar-refractivity contribution in [3.63, 3.8) is 0 Å². The fourth-order valence-corrected chi connectivity index (χ4v) is 4.54. The molecule has 0 aromatic rings. The van der Waals surface area contributed by atoms with Crippen molar-refractivity contribution in [2.45, 2.75) is 45.3 Å². The zero-order valence-electron chi connectivity index (χ0n) is 8.82. The van der Waals surface area contributed by atoms with Gasteiger partial charge in [-0.2, -0.15) is 0 Å². The molecule has 0 spiro atoms. The van der Waals surface area contributed by atoms with Crippen LogP contribution in [0.1, 0.15) is 27.2 Å². The molecule has 0 aliphatic carbocycles. The van der Waals surface area contributed by atoms with Gasteiger partial charge >= 0.3 is 0 Å². The Labute approximate surface area is 78.0 Å². The molecule has 0 aliphatic heterocycles. The third-order valence-electron chi connectivity index (χ3n) is 2.91. The minimum atomic E-state index is -1.06. The summed E-state index contributed by atoms with van der Waals surface area (Å²) in [6.45, 7) is 8.88. The molecule has 0 aromatic heterocycles. The Bertz CT molecular complexity index is 94.4. The van der Waals surface area contributed by atoms with Gasteiger partial charge in [-0.25, -0.2) is 0 Å². The molecule has 0 radical (unpaired) electrons. The van der Waals surface area contributed by atoms with E-state index in [2.05, 4.69) is 25.8 Å². The smallest absolute Gasteiger partial charge is 0.124 e. The normalized spacial score (nSPS) is 12.0. The topological polar surface area (TPSA) is 38.0 Å². The highest BCUT2D eigenvalue weighted by Gasteiger charge is 2.25. The minimum absolute atomic E-state index is 0.814. The van der Waals surface area contributed by atoms with Crippen LogP contribution in [-0.4, -0.2) is 21.3 Å². The monoisotopic (exact) mass is 188 g/mol. The molecule has 0 aliphatic rings. The summed E-state index contributed by atoms with van der Waals surface area (Å²) in [5.74, 6) is 0. The van der Waals surface area contributed by atoms with Crippen LogP contribution >= 0.6 is 0 Å². The first-order valence-corrected chi connectivity index (χ1v) is 7.82. The highest BCUT2D eigenvalue weighted by atomic mass is 28.3. The van der Waals surface area contributed by atoms with Gasteiger partial charge in [-0.05, 0) is 37.6 Å². The summed E-state index contributed by atoms with van der Waals surface area (Å²) in [6.07, 6.45) is 1.12. The Hall–Kier alpha value is 0.137. The molecule has 0 rings (SSSR count). The first kappa shape index (κ1) is 12.1. The molecule has 3 N–H and O–H groups in total. The number of nitrogens with two attached hydrogens (primary N) is 1. The van der Waals surface area contributed by atoms with Gasteiger partial charge in [0.15, 0.2) is 0 Å². The summed E-state index contributed by atoms with van der Waals surface area (Å²) in [4.78, 5) is 3.74. The molecule has 2 nitrogen and oxygen atoms in total. The van der Waals surface area contributed by atoms with E-state index in [0.717, 1.165) is 19.5 Å². The van der Waals surface area contributed by atoms with Gasteiger partial charge in [0, 0.05) is 0 Å². The highest BCUT2D eigenvalue weighted by molar-refractivity contribution is 6.77. The average Bonchev–Trinajstić information content (AvgIpc) is 2.14. The maximum atomic E-state index is 5.46.